The van der Waals surface area contributed by atoms with Crippen molar-refractivity contribution in [3.63, 3.8) is 0 Å². The molecular weight excluding hydrogens is 504 g/mol. The second-order valence-electron chi connectivity index (χ2n) is 10.7. The third kappa shape index (κ3) is 6.82. The monoisotopic (exact) mass is 540 g/mol. The first-order valence-corrected chi connectivity index (χ1v) is 13.4. The highest BCUT2D eigenvalue weighted by Gasteiger charge is 2.24. The van der Waals surface area contributed by atoms with Crippen molar-refractivity contribution < 1.29 is 9.53 Å². The van der Waals surface area contributed by atoms with E-state index < -0.39 is 0 Å². The second kappa shape index (κ2) is 12.1. The number of rotatable bonds is 9. The van der Waals surface area contributed by atoms with Gasteiger partial charge in [0.1, 0.15) is 0 Å². The summed E-state index contributed by atoms with van der Waals surface area (Å²) in [6.07, 6.45) is 3.42. The number of ether oxygens (including phenoxy) is 1. The number of fused-ring (bicyclic) bond motifs is 1. The molecule has 1 aliphatic heterocycles. The fraction of sp³-hybridized carbons (Fsp3) is 0.500. The lowest BCUT2D eigenvalue weighted by molar-refractivity contribution is -0.123. The number of carbonyl (C=O) groups is 1. The minimum Gasteiger partial charge on any atom is -0.478 e. The molecule has 1 N–H and O–H groups in total. The number of anilines is 1. The van der Waals surface area contributed by atoms with Gasteiger partial charge in [-0.2, -0.15) is 0 Å². The van der Waals surface area contributed by atoms with E-state index >= 15 is 0 Å². The van der Waals surface area contributed by atoms with E-state index in [0.717, 1.165) is 41.8 Å². The lowest BCUT2D eigenvalue weighted by atomic mass is 9.92. The summed E-state index contributed by atoms with van der Waals surface area (Å²) in [5.41, 5.74) is 2.24. The molecule has 4 rings (SSSR count). The van der Waals surface area contributed by atoms with E-state index in [1.165, 1.54) is 11.0 Å². The highest BCUT2D eigenvalue weighted by atomic mass is 35.5. The molecule has 9 nitrogen and oxygen atoms in total. The van der Waals surface area contributed by atoms with E-state index in [1.54, 1.807) is 19.3 Å². The lowest BCUT2D eigenvalue weighted by Crippen LogP contribution is -2.39. The van der Waals surface area contributed by atoms with Crippen molar-refractivity contribution in [3.8, 4) is 5.75 Å². The second-order valence-corrected chi connectivity index (χ2v) is 11.1. The summed E-state index contributed by atoms with van der Waals surface area (Å²) in [5.74, 6) is 1.76. The predicted molar refractivity (Wildman–Crippen MR) is 151 cm³/mol. The fourth-order valence-corrected chi connectivity index (χ4v) is 5.18. The molecule has 38 heavy (non-hydrogen) atoms. The maximum Gasteiger partial charge on any atom is 0.293 e. The van der Waals surface area contributed by atoms with Gasteiger partial charge in [0.2, 0.25) is 5.95 Å². The summed E-state index contributed by atoms with van der Waals surface area (Å²) in [4.78, 5) is 38.5. The average molecular weight is 541 g/mol. The maximum absolute atomic E-state index is 12.8. The van der Waals surface area contributed by atoms with Crippen LogP contribution in [0, 0.1) is 11.8 Å². The number of hydrogen-bond acceptors (Lipinski definition) is 7. The summed E-state index contributed by atoms with van der Waals surface area (Å²) in [5, 5.41) is 4.14. The molecule has 1 saturated heterocycles. The van der Waals surface area contributed by atoms with Crippen molar-refractivity contribution in [2.45, 2.75) is 26.7 Å². The van der Waals surface area contributed by atoms with Crippen LogP contribution in [0.15, 0.2) is 35.3 Å². The molecule has 3 heterocycles. The minimum atomic E-state index is -0.292. The Kier molecular flexibility index (Phi) is 8.89. The van der Waals surface area contributed by atoms with E-state index in [-0.39, 0.29) is 23.8 Å². The van der Waals surface area contributed by atoms with Gasteiger partial charge in [0.15, 0.2) is 12.4 Å². The maximum atomic E-state index is 12.8. The van der Waals surface area contributed by atoms with Gasteiger partial charge in [-0.15, -0.1) is 0 Å². The predicted octanol–water partition coefficient (Wildman–Crippen LogP) is 3.11. The van der Waals surface area contributed by atoms with Crippen molar-refractivity contribution in [2.75, 3.05) is 51.8 Å². The molecule has 0 radical (unpaired) electrons. The Labute approximate surface area is 228 Å². The van der Waals surface area contributed by atoms with Gasteiger partial charge in [0.25, 0.3) is 11.5 Å². The average Bonchev–Trinajstić information content (AvgIpc) is 2.86. The molecule has 204 valence electrons. The van der Waals surface area contributed by atoms with Gasteiger partial charge in [-0.3, -0.25) is 9.59 Å². The highest BCUT2D eigenvalue weighted by Crippen LogP contribution is 2.27. The molecule has 0 bridgehead atoms. The number of piperidine rings is 1. The number of likely N-dealkylation sites (N-methyl/N-ethyl adjacent to an activating group) is 1. The molecule has 2 aromatic heterocycles. The van der Waals surface area contributed by atoms with Crippen LogP contribution in [0.3, 0.4) is 0 Å². The topological polar surface area (TPSA) is 92.6 Å². The quantitative estimate of drug-likeness (QED) is 0.446. The number of aryl methyl sites for hydroxylation is 1. The van der Waals surface area contributed by atoms with Gasteiger partial charge in [-0.1, -0.05) is 31.5 Å². The highest BCUT2D eigenvalue weighted by molar-refractivity contribution is 6.31. The number of nitrogens with one attached hydrogen (secondary N) is 1. The number of aromatic nitrogens is 3. The van der Waals surface area contributed by atoms with Gasteiger partial charge in [-0.25, -0.2) is 9.97 Å². The summed E-state index contributed by atoms with van der Waals surface area (Å²) in [7, 11) is 5.56. The number of amides is 1. The van der Waals surface area contributed by atoms with Crippen LogP contribution in [0.25, 0.3) is 10.9 Å². The first-order chi connectivity index (χ1) is 18.1. The van der Waals surface area contributed by atoms with Crippen LogP contribution >= 0.6 is 11.6 Å². The van der Waals surface area contributed by atoms with Gasteiger partial charge >= 0.3 is 0 Å². The fourth-order valence-electron chi connectivity index (χ4n) is 5.02. The van der Waals surface area contributed by atoms with Crippen molar-refractivity contribution in [1.82, 2.24) is 24.8 Å². The third-order valence-corrected chi connectivity index (χ3v) is 7.14. The van der Waals surface area contributed by atoms with E-state index in [4.69, 9.17) is 21.3 Å². The summed E-state index contributed by atoms with van der Waals surface area (Å²) in [6.45, 7) is 7.41. The molecular formula is C28H37ClN6O3. The molecule has 10 heteroatoms. The van der Waals surface area contributed by atoms with Gasteiger partial charge in [-0.05, 0) is 56.1 Å². The number of nitrogens with zero attached hydrogens (tertiary/aromatic N) is 5. The van der Waals surface area contributed by atoms with Crippen LogP contribution < -0.4 is 20.5 Å². The summed E-state index contributed by atoms with van der Waals surface area (Å²) >= 11 is 6.51. The SMILES string of the molecule is C[C@@H]1C[C@H](C)CN(c2ncc(Cl)c(Cc3ccc4c(c3)cc(OCC(=O)NCCN(C)C)c(=O)n4C)n2)C1. The lowest BCUT2D eigenvalue weighted by Gasteiger charge is -2.35. The normalized spacial score (nSPS) is 17.7. The Morgan fingerprint density at radius 2 is 1.95 bits per heavy atom. The molecule has 1 aromatic carbocycles. The van der Waals surface area contributed by atoms with E-state index in [1.807, 2.05) is 37.2 Å². The van der Waals surface area contributed by atoms with E-state index in [2.05, 4.69) is 29.0 Å². The number of halogens is 1. The van der Waals surface area contributed by atoms with Crippen molar-refractivity contribution >= 4 is 34.4 Å². The van der Waals surface area contributed by atoms with Gasteiger partial charge < -0.3 is 24.4 Å². The molecule has 0 unspecified atom stereocenters. The largest absolute Gasteiger partial charge is 0.478 e. The van der Waals surface area contributed by atoms with E-state index in [0.29, 0.717) is 35.8 Å². The first kappa shape index (κ1) is 27.9. The molecule has 3 aromatic rings. The standard InChI is InChI=1S/C28H37ClN6O3/c1-18-10-19(2)16-35(15-18)28-31-14-22(29)23(32-28)12-20-6-7-24-21(11-20)13-25(27(37)34(24)5)38-17-26(36)30-8-9-33(3)4/h6-7,11,13-14,18-19H,8-10,12,15-17H2,1-5H3,(H,30,36)/t18-,19+. The van der Waals surface area contributed by atoms with Crippen LogP contribution in [0.4, 0.5) is 5.95 Å². The summed E-state index contributed by atoms with van der Waals surface area (Å²) < 4.78 is 7.15. The third-order valence-electron chi connectivity index (χ3n) is 6.82. The first-order valence-electron chi connectivity index (χ1n) is 13.0. The molecule has 1 aliphatic rings. The molecule has 2 atom stereocenters. The summed E-state index contributed by atoms with van der Waals surface area (Å²) in [6, 6.07) is 7.58. The molecule has 1 fully saturated rings. The zero-order chi connectivity index (χ0) is 27.4. The van der Waals surface area contributed by atoms with Crippen LogP contribution in [-0.2, 0) is 18.3 Å². The van der Waals surface area contributed by atoms with E-state index in [9.17, 15) is 9.59 Å². The van der Waals surface area contributed by atoms with Crippen molar-refractivity contribution in [2.24, 2.45) is 18.9 Å². The van der Waals surface area contributed by atoms with Crippen LogP contribution in [0.2, 0.25) is 5.02 Å². The van der Waals surface area contributed by atoms with Gasteiger partial charge in [0.05, 0.1) is 22.4 Å². The minimum absolute atomic E-state index is 0.135. The van der Waals surface area contributed by atoms with Crippen molar-refractivity contribution in [3.05, 3.63) is 57.1 Å². The Morgan fingerprint density at radius 1 is 1.21 bits per heavy atom. The molecule has 0 saturated carbocycles. The molecule has 0 spiro atoms. The zero-order valence-corrected chi connectivity index (χ0v) is 23.6. The molecule has 1 amide bonds. The Balaban J connectivity index is 1.52. The number of pyridine rings is 1. The Bertz CT molecular complexity index is 1350. The van der Waals surface area contributed by atoms with Gasteiger partial charge in [0, 0.05) is 45.0 Å². The number of carbonyl (C=O) groups excluding carboxylic acids is 1. The smallest absolute Gasteiger partial charge is 0.293 e. The van der Waals surface area contributed by atoms with Crippen LogP contribution in [0.5, 0.6) is 5.75 Å². The molecule has 0 aliphatic carbocycles. The van der Waals surface area contributed by atoms with Crippen LogP contribution in [-0.4, -0.2) is 72.2 Å². The Morgan fingerprint density at radius 3 is 2.66 bits per heavy atom. The number of hydrogen-bond donors (Lipinski definition) is 1. The Hall–Kier alpha value is -3.17. The van der Waals surface area contributed by atoms with Crippen LogP contribution in [0.1, 0.15) is 31.5 Å². The number of benzene rings is 1. The van der Waals surface area contributed by atoms with Crippen molar-refractivity contribution in [1.29, 1.82) is 0 Å². The zero-order valence-electron chi connectivity index (χ0n) is 22.8.